The molecule has 0 aliphatic heterocycles. The molecule has 0 saturated carbocycles. The molecular formula is C17H17N3O5. The van der Waals surface area contributed by atoms with Crippen LogP contribution in [0.3, 0.4) is 0 Å². The second-order valence-corrected chi connectivity index (χ2v) is 5.06. The third-order valence-electron chi connectivity index (χ3n) is 3.26. The summed E-state index contributed by atoms with van der Waals surface area (Å²) in [5, 5.41) is 14.6. The maximum Gasteiger partial charge on any atom is 0.277 e. The Hall–Kier alpha value is -3.42. The second kappa shape index (κ2) is 8.44. The number of nitrogens with one attached hydrogen (secondary N) is 1. The number of hydrogen-bond donors (Lipinski definition) is 1. The van der Waals surface area contributed by atoms with Gasteiger partial charge in [-0.3, -0.25) is 14.9 Å². The van der Waals surface area contributed by atoms with Crippen LogP contribution in [0.2, 0.25) is 0 Å². The van der Waals surface area contributed by atoms with Crippen molar-refractivity contribution >= 4 is 17.8 Å². The highest BCUT2D eigenvalue weighted by molar-refractivity contribution is 5.83. The molecule has 1 amide bonds. The van der Waals surface area contributed by atoms with Crippen LogP contribution in [0.4, 0.5) is 5.69 Å². The van der Waals surface area contributed by atoms with E-state index in [1.54, 1.807) is 50.4 Å². The summed E-state index contributed by atoms with van der Waals surface area (Å²) in [5.41, 5.74) is 3.36. The van der Waals surface area contributed by atoms with E-state index in [1.807, 2.05) is 0 Å². The summed E-state index contributed by atoms with van der Waals surface area (Å²) in [6.45, 7) is 1.44. The summed E-state index contributed by atoms with van der Waals surface area (Å²) in [5.74, 6) is 0.761. The summed E-state index contributed by atoms with van der Waals surface area (Å²) < 4.78 is 10.3. The molecule has 0 fully saturated rings. The van der Waals surface area contributed by atoms with E-state index in [1.165, 1.54) is 12.3 Å². The number of nitro groups is 1. The number of hydrazone groups is 1. The number of carbonyl (C=O) groups excluding carboxylic acids is 1. The first-order valence-electron chi connectivity index (χ1n) is 7.33. The van der Waals surface area contributed by atoms with E-state index in [-0.39, 0.29) is 12.3 Å². The molecule has 0 aliphatic rings. The van der Waals surface area contributed by atoms with Crippen LogP contribution in [0.5, 0.6) is 11.5 Å². The fraction of sp³-hybridized carbons (Fsp3) is 0.176. The largest absolute Gasteiger partial charge is 0.497 e. The van der Waals surface area contributed by atoms with Crippen molar-refractivity contribution in [1.29, 1.82) is 0 Å². The smallest absolute Gasteiger partial charge is 0.277 e. The molecule has 2 rings (SSSR count). The van der Waals surface area contributed by atoms with Crippen LogP contribution in [0.25, 0.3) is 0 Å². The van der Waals surface area contributed by atoms with Crippen molar-refractivity contribution in [3.8, 4) is 11.5 Å². The molecule has 2 aromatic rings. The van der Waals surface area contributed by atoms with Gasteiger partial charge in [-0.2, -0.15) is 5.10 Å². The number of carbonyl (C=O) groups is 1. The van der Waals surface area contributed by atoms with Gasteiger partial charge in [0.25, 0.3) is 11.6 Å². The monoisotopic (exact) mass is 343 g/mol. The van der Waals surface area contributed by atoms with Crippen LogP contribution in [0.15, 0.2) is 47.6 Å². The molecule has 0 aliphatic carbocycles. The molecule has 8 nitrogen and oxygen atoms in total. The zero-order valence-electron chi connectivity index (χ0n) is 13.8. The number of nitrogens with zero attached hydrogens (tertiary/aromatic N) is 2. The van der Waals surface area contributed by atoms with E-state index >= 15 is 0 Å². The molecule has 0 spiro atoms. The van der Waals surface area contributed by atoms with Crippen molar-refractivity contribution in [2.75, 3.05) is 13.7 Å². The van der Waals surface area contributed by atoms with Crippen LogP contribution in [0.1, 0.15) is 11.1 Å². The van der Waals surface area contributed by atoms with Gasteiger partial charge in [0.15, 0.2) is 6.61 Å². The predicted octanol–water partition coefficient (Wildman–Crippen LogP) is 2.44. The van der Waals surface area contributed by atoms with Crippen LogP contribution in [0, 0.1) is 17.0 Å². The highest BCUT2D eigenvalue weighted by Crippen LogP contribution is 2.18. The number of nitro benzene ring substituents is 1. The van der Waals surface area contributed by atoms with E-state index < -0.39 is 10.8 Å². The highest BCUT2D eigenvalue weighted by Gasteiger charge is 2.10. The normalized spacial score (nSPS) is 10.5. The third kappa shape index (κ3) is 5.31. The predicted molar refractivity (Wildman–Crippen MR) is 92.1 cm³/mol. The minimum Gasteiger partial charge on any atom is -0.497 e. The van der Waals surface area contributed by atoms with Crippen molar-refractivity contribution < 1.29 is 19.2 Å². The number of benzene rings is 2. The molecule has 8 heteroatoms. The van der Waals surface area contributed by atoms with Crippen molar-refractivity contribution in [1.82, 2.24) is 5.43 Å². The number of hydrogen-bond acceptors (Lipinski definition) is 6. The maximum atomic E-state index is 11.7. The molecule has 0 heterocycles. The van der Waals surface area contributed by atoms with Gasteiger partial charge in [0.1, 0.15) is 11.5 Å². The zero-order chi connectivity index (χ0) is 18.2. The van der Waals surface area contributed by atoms with Gasteiger partial charge in [-0.15, -0.1) is 0 Å². The molecule has 0 unspecified atom stereocenters. The SMILES string of the molecule is COc1ccc(OCC(=O)N/N=C\c2ccc(C)c([N+](=O)[O-])c2)cc1. The minimum atomic E-state index is -0.464. The quantitative estimate of drug-likeness (QED) is 0.472. The number of methoxy groups -OCH3 is 1. The lowest BCUT2D eigenvalue weighted by atomic mass is 10.1. The topological polar surface area (TPSA) is 103 Å². The lowest BCUT2D eigenvalue weighted by Gasteiger charge is -2.05. The van der Waals surface area contributed by atoms with Crippen LogP contribution in [-0.4, -0.2) is 30.8 Å². The van der Waals surface area contributed by atoms with E-state index in [0.717, 1.165) is 0 Å². The molecule has 0 atom stereocenters. The van der Waals surface area contributed by atoms with Crippen molar-refractivity contribution in [3.63, 3.8) is 0 Å². The average molecular weight is 343 g/mol. The number of rotatable bonds is 7. The minimum absolute atomic E-state index is 0.00174. The Balaban J connectivity index is 1.85. The zero-order valence-corrected chi connectivity index (χ0v) is 13.8. The molecule has 2 aromatic carbocycles. The van der Waals surface area contributed by atoms with E-state index in [9.17, 15) is 14.9 Å². The van der Waals surface area contributed by atoms with Crippen LogP contribution < -0.4 is 14.9 Å². The summed E-state index contributed by atoms with van der Waals surface area (Å²) in [6, 6.07) is 11.5. The number of ether oxygens (including phenoxy) is 2. The van der Waals surface area contributed by atoms with Gasteiger partial charge in [-0.1, -0.05) is 12.1 Å². The lowest BCUT2D eigenvalue weighted by molar-refractivity contribution is -0.385. The first-order chi connectivity index (χ1) is 12.0. The molecule has 0 radical (unpaired) electrons. The Morgan fingerprint density at radius 3 is 2.56 bits per heavy atom. The summed E-state index contributed by atoms with van der Waals surface area (Å²) in [7, 11) is 1.56. The van der Waals surface area contributed by atoms with Gasteiger partial charge in [-0.25, -0.2) is 5.43 Å². The van der Waals surface area contributed by atoms with Crippen molar-refractivity contribution in [3.05, 3.63) is 63.7 Å². The van der Waals surface area contributed by atoms with Gasteiger partial charge >= 0.3 is 0 Å². The first-order valence-corrected chi connectivity index (χ1v) is 7.33. The fourth-order valence-electron chi connectivity index (χ4n) is 1.94. The number of aryl methyl sites for hydroxylation is 1. The fourth-order valence-corrected chi connectivity index (χ4v) is 1.94. The van der Waals surface area contributed by atoms with Gasteiger partial charge < -0.3 is 9.47 Å². The molecular weight excluding hydrogens is 326 g/mol. The molecule has 0 saturated heterocycles. The summed E-state index contributed by atoms with van der Waals surface area (Å²) in [6.07, 6.45) is 1.33. The molecule has 1 N–H and O–H groups in total. The Bertz CT molecular complexity index is 787. The van der Waals surface area contributed by atoms with E-state index in [2.05, 4.69) is 10.5 Å². The molecule has 25 heavy (non-hydrogen) atoms. The van der Waals surface area contributed by atoms with Gasteiger partial charge in [-0.05, 0) is 31.2 Å². The molecule has 0 aromatic heterocycles. The Kier molecular flexibility index (Phi) is 6.05. The van der Waals surface area contributed by atoms with Gasteiger partial charge in [0.2, 0.25) is 0 Å². The number of amides is 1. The van der Waals surface area contributed by atoms with Crippen molar-refractivity contribution in [2.45, 2.75) is 6.92 Å². The molecule has 0 bridgehead atoms. The standard InChI is InChI=1S/C17H17N3O5/c1-12-3-4-13(9-16(12)20(22)23)10-18-19-17(21)11-25-15-7-5-14(24-2)6-8-15/h3-10H,11H2,1-2H3,(H,19,21)/b18-10-. The Morgan fingerprint density at radius 1 is 1.24 bits per heavy atom. The summed E-state index contributed by atoms with van der Waals surface area (Å²) >= 11 is 0. The van der Waals surface area contributed by atoms with Crippen molar-refractivity contribution in [2.24, 2.45) is 5.10 Å². The summed E-state index contributed by atoms with van der Waals surface area (Å²) in [4.78, 5) is 22.1. The Labute approximate surface area is 144 Å². The molecule has 130 valence electrons. The van der Waals surface area contributed by atoms with Gasteiger partial charge in [0.05, 0.1) is 18.2 Å². The second-order valence-electron chi connectivity index (χ2n) is 5.06. The average Bonchev–Trinajstić information content (AvgIpc) is 2.61. The highest BCUT2D eigenvalue weighted by atomic mass is 16.6. The van der Waals surface area contributed by atoms with E-state index in [4.69, 9.17) is 9.47 Å². The van der Waals surface area contributed by atoms with Gasteiger partial charge in [0, 0.05) is 17.2 Å². The lowest BCUT2D eigenvalue weighted by Crippen LogP contribution is -2.24. The van der Waals surface area contributed by atoms with Crippen LogP contribution >= 0.6 is 0 Å². The van der Waals surface area contributed by atoms with Crippen LogP contribution in [-0.2, 0) is 4.79 Å². The maximum absolute atomic E-state index is 11.7. The third-order valence-corrected chi connectivity index (χ3v) is 3.26. The van der Waals surface area contributed by atoms with E-state index in [0.29, 0.717) is 22.6 Å². The Morgan fingerprint density at radius 2 is 1.92 bits per heavy atom. The first kappa shape index (κ1) is 17.9.